The van der Waals surface area contributed by atoms with E-state index in [2.05, 4.69) is 253 Å². The second kappa shape index (κ2) is 17.6. The molecule has 7 heteroatoms. The molecular formula is C70H75N7. The van der Waals surface area contributed by atoms with E-state index >= 15 is 0 Å². The zero-order chi connectivity index (χ0) is 53.4. The molecule has 0 fully saturated rings. The van der Waals surface area contributed by atoms with Gasteiger partial charge in [-0.1, -0.05) is 184 Å². The van der Waals surface area contributed by atoms with Crippen LogP contribution in [0.25, 0.3) is 45.3 Å². The van der Waals surface area contributed by atoms with E-state index in [9.17, 15) is 0 Å². The minimum Gasteiger partial charge on any atom is -0.384 e. The number of hydrogen-bond donors (Lipinski definition) is 3. The van der Waals surface area contributed by atoms with Gasteiger partial charge in [0.05, 0.1) is 22.8 Å². The first-order valence-electron chi connectivity index (χ1n) is 28.4. The zero-order valence-electron chi connectivity index (χ0n) is 47.1. The smallest absolute Gasteiger partial charge is 0.161 e. The Bertz CT molecular complexity index is 3810. The third-order valence-electron chi connectivity index (χ3n) is 18.9. The van der Waals surface area contributed by atoms with Crippen LogP contribution in [0.1, 0.15) is 152 Å². The van der Waals surface area contributed by atoms with Crippen LogP contribution in [0.2, 0.25) is 0 Å². The maximum atomic E-state index is 5.93. The number of rotatable bonds is 3. The highest BCUT2D eigenvalue weighted by Gasteiger charge is 2.44. The van der Waals surface area contributed by atoms with Crippen LogP contribution in [-0.2, 0) is 29.3 Å². The van der Waals surface area contributed by atoms with Crippen molar-refractivity contribution in [1.29, 1.82) is 0 Å². The molecule has 2 aromatic heterocycles. The van der Waals surface area contributed by atoms with Gasteiger partial charge in [-0.15, -0.1) is 0 Å². The summed E-state index contributed by atoms with van der Waals surface area (Å²) in [5.74, 6) is 1.52. The van der Waals surface area contributed by atoms with E-state index in [-0.39, 0.29) is 33.6 Å². The molecule has 4 aromatic carbocycles. The van der Waals surface area contributed by atoms with Crippen molar-refractivity contribution in [3.63, 3.8) is 0 Å². The van der Waals surface area contributed by atoms with Crippen LogP contribution in [0, 0.1) is 16.7 Å². The van der Waals surface area contributed by atoms with Gasteiger partial charge in [0.15, 0.2) is 11.5 Å². The molecule has 0 saturated carbocycles. The molecule has 0 spiro atoms. The van der Waals surface area contributed by atoms with Crippen molar-refractivity contribution in [3.05, 3.63) is 212 Å². The number of nitrogens with zero attached hydrogens (tertiary/aromatic N) is 4. The van der Waals surface area contributed by atoms with Crippen LogP contribution >= 0.6 is 0 Å². The maximum Gasteiger partial charge on any atom is 0.161 e. The molecule has 7 nitrogen and oxygen atoms in total. The van der Waals surface area contributed by atoms with Gasteiger partial charge < -0.3 is 25.1 Å². The Morgan fingerprint density at radius 2 is 1.43 bits per heavy atom. The van der Waals surface area contributed by atoms with Crippen LogP contribution in [0.15, 0.2) is 172 Å². The quantitative estimate of drug-likeness (QED) is 0.165. The number of fused-ring (bicyclic) bond motifs is 4. The van der Waals surface area contributed by atoms with Crippen LogP contribution in [0.5, 0.6) is 0 Å². The largest absolute Gasteiger partial charge is 0.384 e. The first-order valence-corrected chi connectivity index (χ1v) is 28.4. The lowest BCUT2D eigenvalue weighted by Gasteiger charge is -2.45. The molecule has 10 bridgehead atoms. The van der Waals surface area contributed by atoms with Gasteiger partial charge in [-0.3, -0.25) is 0 Å². The Balaban J connectivity index is 1.20. The molecule has 0 radical (unpaired) electrons. The van der Waals surface area contributed by atoms with Crippen LogP contribution < -0.4 is 16.0 Å². The number of para-hydroxylation sites is 1. The van der Waals surface area contributed by atoms with Gasteiger partial charge in [-0.05, 0) is 126 Å². The van der Waals surface area contributed by atoms with Gasteiger partial charge in [0.25, 0.3) is 0 Å². The van der Waals surface area contributed by atoms with Crippen LogP contribution in [0.4, 0.5) is 0 Å². The number of allylic oxidation sites excluding steroid dienone is 8. The second-order valence-corrected chi connectivity index (χ2v) is 26.0. The molecule has 3 N–H and O–H groups in total. The first-order chi connectivity index (χ1) is 36.8. The summed E-state index contributed by atoms with van der Waals surface area (Å²) in [5.41, 5.74) is 20.1. The third kappa shape index (κ3) is 7.80. The van der Waals surface area contributed by atoms with Crippen molar-refractivity contribution < 1.29 is 0 Å². The molecule has 9 aliphatic rings. The molecule has 390 valence electrons. The van der Waals surface area contributed by atoms with Crippen molar-refractivity contribution in [2.75, 3.05) is 6.54 Å². The number of aliphatic imine (C=N–C) groups is 2. The molecule has 3 atom stereocenters. The standard InChI is InChI=1S/C70H75N7/c1-66(2,3)44-29-33-58-52(39-44)54-41-46-31-35-60(54)76(58)62-48(56-27-15-17-37-71-56)23-19-25-50(62)64-73-65(75-70(11,74-64)43-21-13-12-14-22-43)51-26-20-24-49(57-28-16-18-38-72-57)63(51)77-59-34-30-45(67(4,5)6)40-53(59)55-42-47(32-36-61(55)77)69(9,10)68(46,7)8/h12-23,25-28,30,32,34,36-37,39-42,49,56,71-72H,24,29,31,33,35,38H2,1-11H3,(H,73,74,75). The fraction of sp³-hybridized carbons (Fsp3) is 0.343. The minimum atomic E-state index is -0.887. The number of nitrogens with one attached hydrogen (secondary N) is 3. The molecule has 0 saturated heterocycles. The SMILES string of the molecule is CC(C)(C)C1=Cc2c3c4n(c2CC1)-c1c(cccc1C1C=CC=CN1)C1=NC(C)(c2ccccc2)NC(=N1)C1=C(C(C2=CC=CCN2)CC=C1)n1c2ccc(C(C)(C)C)cc2c2cc(ccc21)C(C)(C)C(C)(C)C(=C3)CC4. The average molecular weight is 1010 g/mol. The predicted octanol–water partition coefficient (Wildman–Crippen LogP) is 15.8. The van der Waals surface area contributed by atoms with Crippen LogP contribution in [-0.4, -0.2) is 27.4 Å². The summed E-state index contributed by atoms with van der Waals surface area (Å²) in [6, 6.07) is 32.3. The average Bonchev–Trinajstić information content (AvgIpc) is 4.10. The second-order valence-electron chi connectivity index (χ2n) is 26.0. The van der Waals surface area contributed by atoms with E-state index in [1.807, 2.05) is 0 Å². The predicted molar refractivity (Wildman–Crippen MR) is 324 cm³/mol. The summed E-state index contributed by atoms with van der Waals surface area (Å²) in [6.07, 6.45) is 29.9. The van der Waals surface area contributed by atoms with Gasteiger partial charge in [0.1, 0.15) is 5.84 Å². The van der Waals surface area contributed by atoms with E-state index in [0.29, 0.717) is 5.84 Å². The molecule has 6 aromatic rings. The molecule has 0 amide bonds. The Hall–Kier alpha value is -7.38. The number of dihydropyridines is 2. The number of benzene rings is 4. The van der Waals surface area contributed by atoms with Crippen LogP contribution in [0.3, 0.4) is 0 Å². The lowest BCUT2D eigenvalue weighted by molar-refractivity contribution is 0.243. The Morgan fingerprint density at radius 3 is 2.16 bits per heavy atom. The van der Waals surface area contributed by atoms with Gasteiger partial charge in [-0.25, -0.2) is 9.98 Å². The molecule has 77 heavy (non-hydrogen) atoms. The number of hydrogen-bond acceptors (Lipinski definition) is 5. The van der Waals surface area contributed by atoms with E-state index in [0.717, 1.165) is 66.9 Å². The fourth-order valence-corrected chi connectivity index (χ4v) is 13.6. The van der Waals surface area contributed by atoms with E-state index < -0.39 is 5.66 Å². The van der Waals surface area contributed by atoms with Gasteiger partial charge in [-0.2, -0.15) is 0 Å². The van der Waals surface area contributed by atoms with Crippen molar-refractivity contribution in [1.82, 2.24) is 25.1 Å². The highest BCUT2D eigenvalue weighted by Crippen LogP contribution is 2.54. The lowest BCUT2D eigenvalue weighted by Crippen LogP contribution is -2.47. The van der Waals surface area contributed by atoms with Crippen molar-refractivity contribution in [2.45, 2.75) is 131 Å². The summed E-state index contributed by atoms with van der Waals surface area (Å²) < 4.78 is 5.30. The molecule has 3 aliphatic carbocycles. The number of amidine groups is 2. The monoisotopic (exact) mass is 1010 g/mol. The maximum absolute atomic E-state index is 5.93. The minimum absolute atomic E-state index is 0.00340. The van der Waals surface area contributed by atoms with Gasteiger partial charge in [0.2, 0.25) is 0 Å². The topological polar surface area (TPSA) is 70.7 Å². The zero-order valence-corrected chi connectivity index (χ0v) is 47.1. The Kier molecular flexibility index (Phi) is 11.2. The van der Waals surface area contributed by atoms with Gasteiger partial charge in [0, 0.05) is 73.8 Å². The molecule has 15 rings (SSSR count). The fourth-order valence-electron chi connectivity index (χ4n) is 13.6. The molecule has 8 heterocycles. The molecular weight excluding hydrogens is 939 g/mol. The van der Waals surface area contributed by atoms with E-state index in [1.165, 1.54) is 83.6 Å². The van der Waals surface area contributed by atoms with Crippen molar-refractivity contribution in [2.24, 2.45) is 26.7 Å². The Labute approximate surface area is 456 Å². The highest BCUT2D eigenvalue weighted by atomic mass is 15.2. The van der Waals surface area contributed by atoms with E-state index in [1.54, 1.807) is 0 Å². The summed E-state index contributed by atoms with van der Waals surface area (Å²) in [5, 5.41) is 14.3. The highest BCUT2D eigenvalue weighted by molar-refractivity contribution is 6.19. The summed E-state index contributed by atoms with van der Waals surface area (Å²) in [7, 11) is 0. The Morgan fingerprint density at radius 1 is 0.675 bits per heavy atom. The molecule has 3 unspecified atom stereocenters. The normalized spacial score (nSPS) is 23.1. The number of aromatic nitrogens is 2. The summed E-state index contributed by atoms with van der Waals surface area (Å²) in [6.45, 7) is 27.2. The first kappa shape index (κ1) is 49.2. The van der Waals surface area contributed by atoms with Gasteiger partial charge >= 0.3 is 0 Å². The third-order valence-corrected chi connectivity index (χ3v) is 18.9. The van der Waals surface area contributed by atoms with E-state index in [4.69, 9.17) is 9.98 Å². The molecule has 6 aliphatic heterocycles. The summed E-state index contributed by atoms with van der Waals surface area (Å²) in [4.78, 5) is 11.8. The van der Waals surface area contributed by atoms with Crippen molar-refractivity contribution >= 4 is 51.3 Å². The van der Waals surface area contributed by atoms with Crippen molar-refractivity contribution in [3.8, 4) is 5.69 Å². The summed E-state index contributed by atoms with van der Waals surface area (Å²) >= 11 is 0. The lowest BCUT2D eigenvalue weighted by atomic mass is 9.59.